The molecule has 2 N–H and O–H groups in total. The van der Waals surface area contributed by atoms with Gasteiger partial charge in [0.2, 0.25) is 11.5 Å². The maximum absolute atomic E-state index is 12.9. The van der Waals surface area contributed by atoms with E-state index < -0.39 is 17.8 Å². The molecule has 0 spiro atoms. The van der Waals surface area contributed by atoms with Crippen molar-refractivity contribution < 1.29 is 52.3 Å². The molecule has 3 aromatic rings. The van der Waals surface area contributed by atoms with Gasteiger partial charge in [0.25, 0.3) is 11.8 Å². The van der Waals surface area contributed by atoms with Crippen LogP contribution in [0.5, 0.6) is 46.0 Å². The third-order valence-electron chi connectivity index (χ3n) is 6.03. The van der Waals surface area contributed by atoms with E-state index in [0.29, 0.717) is 40.1 Å². The first-order chi connectivity index (χ1) is 21.2. The Balaban J connectivity index is 1.62. The van der Waals surface area contributed by atoms with Crippen LogP contribution < -0.4 is 48.6 Å². The number of nitrogens with one attached hydrogen (secondary N) is 2. The van der Waals surface area contributed by atoms with E-state index in [1.54, 1.807) is 12.1 Å². The van der Waals surface area contributed by atoms with E-state index in [4.69, 9.17) is 37.9 Å². The number of nitrogens with zero attached hydrogens (tertiary/aromatic N) is 1. The molecular weight excluding hydrogens is 578 g/mol. The predicted molar refractivity (Wildman–Crippen MR) is 158 cm³/mol. The summed E-state index contributed by atoms with van der Waals surface area (Å²) >= 11 is 0. The highest BCUT2D eigenvalue weighted by Crippen LogP contribution is 2.39. The van der Waals surface area contributed by atoms with Crippen molar-refractivity contribution in [2.45, 2.75) is 0 Å². The number of hydrogen-bond donors (Lipinski definition) is 2. The minimum Gasteiger partial charge on any atom is -0.493 e. The van der Waals surface area contributed by atoms with Crippen LogP contribution in [0, 0.1) is 0 Å². The maximum atomic E-state index is 12.9. The van der Waals surface area contributed by atoms with Crippen LogP contribution in [-0.2, 0) is 4.79 Å². The molecule has 0 fully saturated rings. The second kappa shape index (κ2) is 15.5. The molecule has 234 valence electrons. The molecule has 0 radical (unpaired) electrons. The normalized spacial score (nSPS) is 10.4. The van der Waals surface area contributed by atoms with E-state index in [9.17, 15) is 14.4 Å². The van der Waals surface area contributed by atoms with Crippen molar-refractivity contribution in [2.24, 2.45) is 5.10 Å². The van der Waals surface area contributed by atoms with Crippen LogP contribution in [0.25, 0.3) is 0 Å². The Labute approximate surface area is 253 Å². The fourth-order valence-corrected chi connectivity index (χ4v) is 3.90. The Kier molecular flexibility index (Phi) is 11.6. The molecule has 44 heavy (non-hydrogen) atoms. The summed E-state index contributed by atoms with van der Waals surface area (Å²) in [6, 6.07) is 10.5. The number of benzene rings is 3. The van der Waals surface area contributed by atoms with Gasteiger partial charge in [-0.1, -0.05) is 0 Å². The summed E-state index contributed by atoms with van der Waals surface area (Å²) in [5.41, 5.74) is 3.21. The number of methoxy groups -OCH3 is 7. The molecule has 0 aliphatic heterocycles. The Bertz CT molecular complexity index is 1490. The van der Waals surface area contributed by atoms with Gasteiger partial charge in [-0.15, -0.1) is 0 Å². The fraction of sp³-hybridized carbons (Fsp3) is 0.267. The summed E-state index contributed by atoms with van der Waals surface area (Å²) < 4.78 is 42.5. The van der Waals surface area contributed by atoms with Gasteiger partial charge in [-0.05, 0) is 48.0 Å². The Hall–Kier alpha value is -5.66. The summed E-state index contributed by atoms with van der Waals surface area (Å²) in [7, 11) is 10.0. The van der Waals surface area contributed by atoms with Crippen molar-refractivity contribution in [3.8, 4) is 46.0 Å². The lowest BCUT2D eigenvalue weighted by Gasteiger charge is -2.14. The van der Waals surface area contributed by atoms with Crippen molar-refractivity contribution in [2.75, 3.05) is 56.3 Å². The van der Waals surface area contributed by atoms with Gasteiger partial charge in [-0.2, -0.15) is 5.10 Å². The molecule has 14 heteroatoms. The number of esters is 1. The Morgan fingerprint density at radius 3 is 1.61 bits per heavy atom. The van der Waals surface area contributed by atoms with Crippen molar-refractivity contribution in [1.82, 2.24) is 10.7 Å². The molecule has 14 nitrogen and oxygen atoms in total. The number of hydrazone groups is 1. The van der Waals surface area contributed by atoms with E-state index >= 15 is 0 Å². The lowest BCUT2D eigenvalue weighted by Crippen LogP contribution is -2.34. The lowest BCUT2D eigenvalue weighted by atomic mass is 10.1. The van der Waals surface area contributed by atoms with Crippen molar-refractivity contribution in [1.29, 1.82) is 0 Å². The van der Waals surface area contributed by atoms with Gasteiger partial charge in [-0.25, -0.2) is 10.2 Å². The van der Waals surface area contributed by atoms with Gasteiger partial charge in [0.05, 0.1) is 68.1 Å². The molecule has 0 unspecified atom stereocenters. The van der Waals surface area contributed by atoms with Crippen LogP contribution in [-0.4, -0.2) is 80.3 Å². The summed E-state index contributed by atoms with van der Waals surface area (Å²) in [6.45, 7) is -0.355. The molecule has 0 saturated carbocycles. The van der Waals surface area contributed by atoms with Gasteiger partial charge in [-0.3, -0.25) is 9.59 Å². The van der Waals surface area contributed by atoms with Gasteiger partial charge in [0, 0.05) is 5.56 Å². The zero-order chi connectivity index (χ0) is 32.2. The van der Waals surface area contributed by atoms with Gasteiger partial charge in [0.15, 0.2) is 34.5 Å². The first-order valence-electron chi connectivity index (χ1n) is 12.8. The number of carbonyl (C=O) groups excluding carboxylic acids is 3. The second-order valence-electron chi connectivity index (χ2n) is 8.60. The van der Waals surface area contributed by atoms with E-state index in [1.165, 1.54) is 86.3 Å². The monoisotopic (exact) mass is 611 g/mol. The standard InChI is InChI=1S/C30H33N3O11/c1-37-21-10-17(8-9-20(21)44-30(36)19-13-24(40-4)28(43-7)25(14-19)41-5)15-32-33-26(34)16-31-29(35)18-11-22(38-2)27(42-6)23(12-18)39-3/h8-15H,16H2,1-7H3,(H,31,35)(H,33,34)/b32-15+. The Morgan fingerprint density at radius 2 is 1.14 bits per heavy atom. The minimum absolute atomic E-state index is 0.141. The van der Waals surface area contributed by atoms with E-state index in [2.05, 4.69) is 15.8 Å². The molecule has 2 amide bonds. The third-order valence-corrected chi connectivity index (χ3v) is 6.03. The predicted octanol–water partition coefficient (Wildman–Crippen LogP) is 2.85. The largest absolute Gasteiger partial charge is 0.493 e. The van der Waals surface area contributed by atoms with Crippen molar-refractivity contribution >= 4 is 24.0 Å². The highest BCUT2D eigenvalue weighted by atomic mass is 16.6. The number of ether oxygens (including phenoxy) is 8. The molecule has 0 aromatic heterocycles. The number of amides is 2. The van der Waals surface area contributed by atoms with Gasteiger partial charge in [0.1, 0.15) is 0 Å². The van der Waals surface area contributed by atoms with E-state index in [0.717, 1.165) is 0 Å². The van der Waals surface area contributed by atoms with Crippen LogP contribution in [0.2, 0.25) is 0 Å². The summed E-state index contributed by atoms with van der Waals surface area (Å²) in [5.74, 6) is 0.410. The number of hydrogen-bond acceptors (Lipinski definition) is 12. The quantitative estimate of drug-likeness (QED) is 0.119. The van der Waals surface area contributed by atoms with Gasteiger partial charge >= 0.3 is 5.97 Å². The topological polar surface area (TPSA) is 161 Å². The molecule has 3 rings (SSSR count). The highest BCUT2D eigenvalue weighted by molar-refractivity contribution is 5.98. The van der Waals surface area contributed by atoms with Crippen LogP contribution >= 0.6 is 0 Å². The minimum atomic E-state index is -0.690. The van der Waals surface area contributed by atoms with Crippen molar-refractivity contribution in [3.63, 3.8) is 0 Å². The summed E-state index contributed by atoms with van der Waals surface area (Å²) in [6.07, 6.45) is 1.35. The zero-order valence-corrected chi connectivity index (χ0v) is 25.3. The van der Waals surface area contributed by atoms with Gasteiger partial charge < -0.3 is 43.2 Å². The molecule has 0 aliphatic rings. The third kappa shape index (κ3) is 7.79. The molecule has 0 atom stereocenters. The maximum Gasteiger partial charge on any atom is 0.343 e. The summed E-state index contributed by atoms with van der Waals surface area (Å²) in [4.78, 5) is 37.7. The SMILES string of the molecule is COc1cc(/C=N/NC(=O)CNC(=O)c2cc(OC)c(OC)c(OC)c2)ccc1OC(=O)c1cc(OC)c(OC)c(OC)c1. The average molecular weight is 612 g/mol. The molecule has 0 saturated heterocycles. The number of rotatable bonds is 14. The molecule has 0 aliphatic carbocycles. The van der Waals surface area contributed by atoms with Crippen LogP contribution in [0.3, 0.4) is 0 Å². The molecule has 0 bridgehead atoms. The molecule has 3 aromatic carbocycles. The highest BCUT2D eigenvalue weighted by Gasteiger charge is 2.20. The summed E-state index contributed by atoms with van der Waals surface area (Å²) in [5, 5.41) is 6.40. The van der Waals surface area contributed by atoms with Crippen LogP contribution in [0.4, 0.5) is 0 Å². The van der Waals surface area contributed by atoms with E-state index in [1.807, 2.05) is 0 Å². The second-order valence-corrected chi connectivity index (χ2v) is 8.60. The first-order valence-corrected chi connectivity index (χ1v) is 12.8. The van der Waals surface area contributed by atoms with E-state index in [-0.39, 0.29) is 29.2 Å². The molecular formula is C30H33N3O11. The average Bonchev–Trinajstić information content (AvgIpc) is 3.05. The lowest BCUT2D eigenvalue weighted by molar-refractivity contribution is -0.120. The van der Waals surface area contributed by atoms with Crippen LogP contribution in [0.1, 0.15) is 26.3 Å². The first kappa shape index (κ1) is 32.8. The fourth-order valence-electron chi connectivity index (χ4n) is 3.90. The van der Waals surface area contributed by atoms with Crippen LogP contribution in [0.15, 0.2) is 47.6 Å². The van der Waals surface area contributed by atoms with Crippen molar-refractivity contribution in [3.05, 3.63) is 59.2 Å². The Morgan fingerprint density at radius 1 is 0.636 bits per heavy atom. The molecule has 0 heterocycles. The smallest absolute Gasteiger partial charge is 0.343 e. The number of carbonyl (C=O) groups is 3. The zero-order valence-electron chi connectivity index (χ0n) is 25.3.